The number of amides is 1. The summed E-state index contributed by atoms with van der Waals surface area (Å²) in [4.78, 5) is 15.0. The number of hydrogen-bond acceptors (Lipinski definition) is 3. The van der Waals surface area contributed by atoms with Gasteiger partial charge in [0, 0.05) is 31.0 Å². The maximum Gasteiger partial charge on any atom is 0.223 e. The highest BCUT2D eigenvalue weighted by Crippen LogP contribution is 2.31. The van der Waals surface area contributed by atoms with E-state index >= 15 is 0 Å². The maximum atomic E-state index is 13.1. The zero-order valence-electron chi connectivity index (χ0n) is 17.2. The predicted molar refractivity (Wildman–Crippen MR) is 120 cm³/mol. The first-order valence-corrected chi connectivity index (χ1v) is 10.6. The molecule has 1 amide bonds. The Bertz CT molecular complexity index is 1100. The molecule has 1 aliphatic rings. The van der Waals surface area contributed by atoms with Crippen LogP contribution in [0.4, 0.5) is 0 Å². The average Bonchev–Trinajstić information content (AvgIpc) is 3.28. The van der Waals surface area contributed by atoms with E-state index in [9.17, 15) is 4.79 Å². The van der Waals surface area contributed by atoms with Gasteiger partial charge in [0.1, 0.15) is 5.69 Å². The molecule has 0 aliphatic carbocycles. The van der Waals surface area contributed by atoms with Crippen molar-refractivity contribution in [3.63, 3.8) is 0 Å². The first kappa shape index (κ1) is 19.2. The van der Waals surface area contributed by atoms with Gasteiger partial charge in [0.05, 0.1) is 12.2 Å². The number of rotatable bonds is 6. The Morgan fingerprint density at radius 1 is 0.839 bits per heavy atom. The summed E-state index contributed by atoms with van der Waals surface area (Å²) in [6, 6.07) is 30.8. The molecule has 1 aliphatic heterocycles. The van der Waals surface area contributed by atoms with Crippen LogP contribution in [0.1, 0.15) is 29.5 Å². The molecule has 154 valence electrons. The number of benzene rings is 3. The monoisotopic (exact) mass is 408 g/mol. The molecule has 1 saturated heterocycles. The van der Waals surface area contributed by atoms with Gasteiger partial charge < -0.3 is 4.90 Å². The lowest BCUT2D eigenvalue weighted by atomic mass is 9.87. The summed E-state index contributed by atoms with van der Waals surface area (Å²) < 4.78 is 1.89. The molecule has 0 saturated carbocycles. The number of carbonyl (C=O) groups is 1. The Labute approximate surface area is 182 Å². The molecule has 5 rings (SSSR count). The van der Waals surface area contributed by atoms with Gasteiger partial charge in [-0.3, -0.25) is 4.79 Å². The fourth-order valence-corrected chi connectivity index (χ4v) is 4.13. The van der Waals surface area contributed by atoms with Crippen LogP contribution in [0.3, 0.4) is 0 Å². The molecule has 2 heterocycles. The highest BCUT2D eigenvalue weighted by Gasteiger charge is 2.34. The second-order valence-electron chi connectivity index (χ2n) is 7.98. The van der Waals surface area contributed by atoms with E-state index in [1.807, 2.05) is 82.5 Å². The van der Waals surface area contributed by atoms with Crippen molar-refractivity contribution in [1.82, 2.24) is 19.9 Å². The Morgan fingerprint density at radius 3 is 1.97 bits per heavy atom. The van der Waals surface area contributed by atoms with Crippen LogP contribution in [0.5, 0.6) is 0 Å². The van der Waals surface area contributed by atoms with Crippen molar-refractivity contribution >= 4 is 5.91 Å². The lowest BCUT2D eigenvalue weighted by Gasteiger charge is -2.39. The smallest absolute Gasteiger partial charge is 0.223 e. The zero-order valence-corrected chi connectivity index (χ0v) is 17.2. The second-order valence-corrected chi connectivity index (χ2v) is 7.98. The number of nitrogens with zero attached hydrogens (tertiary/aromatic N) is 4. The Kier molecular flexibility index (Phi) is 5.31. The van der Waals surface area contributed by atoms with Crippen LogP contribution >= 0.6 is 0 Å². The Morgan fingerprint density at radius 2 is 1.39 bits per heavy atom. The molecular formula is C26H24N4O. The van der Waals surface area contributed by atoms with Crippen molar-refractivity contribution in [2.75, 3.05) is 13.1 Å². The maximum absolute atomic E-state index is 13.1. The second kappa shape index (κ2) is 8.56. The van der Waals surface area contributed by atoms with E-state index in [1.54, 1.807) is 0 Å². The lowest BCUT2D eigenvalue weighted by Crippen LogP contribution is -2.51. The molecule has 0 unspecified atom stereocenters. The molecule has 31 heavy (non-hydrogen) atoms. The van der Waals surface area contributed by atoms with Gasteiger partial charge >= 0.3 is 0 Å². The average molecular weight is 409 g/mol. The van der Waals surface area contributed by atoms with E-state index in [1.165, 1.54) is 11.1 Å². The minimum absolute atomic E-state index is 0.0602. The van der Waals surface area contributed by atoms with Gasteiger partial charge in [-0.05, 0) is 11.1 Å². The van der Waals surface area contributed by atoms with Gasteiger partial charge in [-0.25, -0.2) is 4.68 Å². The van der Waals surface area contributed by atoms with E-state index in [0.29, 0.717) is 19.5 Å². The SMILES string of the molecule is O=C(CC(c1ccccc1)c1ccccc1)N1CC(n2cc(-c3ccccc3)nn2)C1. The first-order chi connectivity index (χ1) is 15.3. The van der Waals surface area contributed by atoms with Crippen LogP contribution in [-0.2, 0) is 4.79 Å². The van der Waals surface area contributed by atoms with Gasteiger partial charge in [0.2, 0.25) is 5.91 Å². The molecule has 1 fully saturated rings. The van der Waals surface area contributed by atoms with Crippen molar-refractivity contribution in [3.8, 4) is 11.3 Å². The minimum atomic E-state index is 0.0602. The third-order valence-corrected chi connectivity index (χ3v) is 5.95. The van der Waals surface area contributed by atoms with Gasteiger partial charge in [0.15, 0.2) is 0 Å². The summed E-state index contributed by atoms with van der Waals surface area (Å²) in [5.74, 6) is 0.238. The largest absolute Gasteiger partial charge is 0.338 e. The van der Waals surface area contributed by atoms with Gasteiger partial charge in [-0.2, -0.15) is 0 Å². The van der Waals surface area contributed by atoms with Crippen molar-refractivity contribution in [2.45, 2.75) is 18.4 Å². The number of aromatic nitrogens is 3. The van der Waals surface area contributed by atoms with E-state index in [-0.39, 0.29) is 17.9 Å². The molecule has 0 N–H and O–H groups in total. The normalized spacial score (nSPS) is 13.9. The van der Waals surface area contributed by atoms with Crippen molar-refractivity contribution in [1.29, 1.82) is 0 Å². The third kappa shape index (κ3) is 4.12. The van der Waals surface area contributed by atoms with Crippen molar-refractivity contribution in [2.24, 2.45) is 0 Å². The van der Waals surface area contributed by atoms with Crippen LogP contribution in [0.25, 0.3) is 11.3 Å². The van der Waals surface area contributed by atoms with Gasteiger partial charge in [0.25, 0.3) is 0 Å². The standard InChI is InChI=1S/C26H24N4O/c31-26(16-24(20-10-4-1-5-11-20)21-12-6-2-7-13-21)29-17-23(18-29)30-19-25(27-28-30)22-14-8-3-9-15-22/h1-15,19,23-24H,16-18H2. The van der Waals surface area contributed by atoms with Crippen molar-refractivity contribution < 1.29 is 4.79 Å². The van der Waals surface area contributed by atoms with Gasteiger partial charge in [-0.1, -0.05) is 96.2 Å². The molecule has 4 aromatic rings. The van der Waals surface area contributed by atoms with Gasteiger partial charge in [-0.15, -0.1) is 5.10 Å². The molecule has 5 nitrogen and oxygen atoms in total. The fourth-order valence-electron chi connectivity index (χ4n) is 4.13. The zero-order chi connectivity index (χ0) is 21.0. The topological polar surface area (TPSA) is 51.0 Å². The first-order valence-electron chi connectivity index (χ1n) is 10.6. The number of hydrogen-bond donors (Lipinski definition) is 0. The molecule has 0 atom stereocenters. The van der Waals surface area contributed by atoms with Crippen LogP contribution in [0.2, 0.25) is 0 Å². The predicted octanol–water partition coefficient (Wildman–Crippen LogP) is 4.55. The van der Waals surface area contributed by atoms with Crippen molar-refractivity contribution in [3.05, 3.63) is 108 Å². The molecule has 3 aromatic carbocycles. The number of likely N-dealkylation sites (tertiary alicyclic amines) is 1. The highest BCUT2D eigenvalue weighted by molar-refractivity contribution is 5.78. The molecule has 1 aromatic heterocycles. The van der Waals surface area contributed by atoms with E-state index in [4.69, 9.17) is 0 Å². The Balaban J connectivity index is 1.25. The third-order valence-electron chi connectivity index (χ3n) is 5.95. The molecule has 0 radical (unpaired) electrons. The molecule has 0 spiro atoms. The Hall–Kier alpha value is -3.73. The fraction of sp³-hybridized carbons (Fsp3) is 0.192. The van der Waals surface area contributed by atoms with E-state index < -0.39 is 0 Å². The summed E-state index contributed by atoms with van der Waals surface area (Å²) >= 11 is 0. The van der Waals surface area contributed by atoms with E-state index in [2.05, 4.69) is 34.6 Å². The quantitative estimate of drug-likeness (QED) is 0.470. The summed E-state index contributed by atoms with van der Waals surface area (Å²) in [6.07, 6.45) is 2.44. The van der Waals surface area contributed by atoms with Crippen LogP contribution < -0.4 is 0 Å². The lowest BCUT2D eigenvalue weighted by molar-refractivity contribution is -0.137. The van der Waals surface area contributed by atoms with Crippen LogP contribution in [-0.4, -0.2) is 38.9 Å². The summed E-state index contributed by atoms with van der Waals surface area (Å²) in [5.41, 5.74) is 4.25. The summed E-state index contributed by atoms with van der Waals surface area (Å²) in [6.45, 7) is 1.35. The van der Waals surface area contributed by atoms with E-state index in [0.717, 1.165) is 11.3 Å². The molecular weight excluding hydrogens is 384 g/mol. The summed E-state index contributed by atoms with van der Waals surface area (Å²) in [5, 5.41) is 8.59. The van der Waals surface area contributed by atoms with Crippen LogP contribution in [0, 0.1) is 0 Å². The minimum Gasteiger partial charge on any atom is -0.338 e. The molecule has 5 heteroatoms. The van der Waals surface area contributed by atoms with Crippen LogP contribution in [0.15, 0.2) is 97.2 Å². The highest BCUT2D eigenvalue weighted by atomic mass is 16.2. The number of carbonyl (C=O) groups excluding carboxylic acids is 1. The molecule has 0 bridgehead atoms. The summed E-state index contributed by atoms with van der Waals surface area (Å²) in [7, 11) is 0.